The number of carbonyl (C=O) groups excluding carboxylic acids is 1. The second-order valence-electron chi connectivity index (χ2n) is 4.30. The summed E-state index contributed by atoms with van der Waals surface area (Å²) in [5.74, 6) is 0.926. The third kappa shape index (κ3) is 3.80. The quantitative estimate of drug-likeness (QED) is 0.816. The summed E-state index contributed by atoms with van der Waals surface area (Å²) in [6, 6.07) is 6.69. The topological polar surface area (TPSA) is 80.0 Å². The van der Waals surface area contributed by atoms with Crippen LogP contribution in [0.3, 0.4) is 0 Å². The van der Waals surface area contributed by atoms with E-state index in [9.17, 15) is 9.90 Å². The van der Waals surface area contributed by atoms with Gasteiger partial charge in [-0.3, -0.25) is 4.79 Å². The van der Waals surface area contributed by atoms with Crippen LogP contribution in [-0.2, 0) is 24.7 Å². The third-order valence-corrected chi connectivity index (χ3v) is 2.75. The van der Waals surface area contributed by atoms with Crippen molar-refractivity contribution in [3.8, 4) is 5.75 Å². The Morgan fingerprint density at radius 2 is 2.32 bits per heavy atom. The Hall–Kier alpha value is -2.37. The van der Waals surface area contributed by atoms with Crippen LogP contribution in [0.1, 0.15) is 11.4 Å². The zero-order chi connectivity index (χ0) is 13.7. The number of carbonyl (C=O) groups is 1. The molecule has 1 aromatic heterocycles. The molecule has 1 amide bonds. The van der Waals surface area contributed by atoms with Gasteiger partial charge in [0.15, 0.2) is 0 Å². The molecule has 100 valence electrons. The number of nitrogens with one attached hydrogen (secondary N) is 1. The van der Waals surface area contributed by atoms with Crippen molar-refractivity contribution in [1.82, 2.24) is 20.1 Å². The van der Waals surface area contributed by atoms with E-state index in [1.54, 1.807) is 24.5 Å². The summed E-state index contributed by atoms with van der Waals surface area (Å²) in [6.07, 6.45) is 2.53. The highest BCUT2D eigenvalue weighted by Gasteiger charge is 2.05. The SMILES string of the molecule is Cn1cnnc1CCNC(=O)Cc1cccc(O)c1. The van der Waals surface area contributed by atoms with Crippen molar-refractivity contribution >= 4 is 5.91 Å². The van der Waals surface area contributed by atoms with Crippen LogP contribution >= 0.6 is 0 Å². The Labute approximate surface area is 111 Å². The first-order valence-electron chi connectivity index (χ1n) is 6.02. The maximum absolute atomic E-state index is 11.7. The van der Waals surface area contributed by atoms with E-state index in [4.69, 9.17) is 0 Å². The molecule has 0 saturated carbocycles. The van der Waals surface area contributed by atoms with Gasteiger partial charge in [0.25, 0.3) is 0 Å². The Morgan fingerprint density at radius 3 is 3.00 bits per heavy atom. The molecule has 0 saturated heterocycles. The number of rotatable bonds is 5. The van der Waals surface area contributed by atoms with Gasteiger partial charge in [-0.15, -0.1) is 10.2 Å². The molecule has 0 aliphatic heterocycles. The van der Waals surface area contributed by atoms with Crippen molar-refractivity contribution in [1.29, 1.82) is 0 Å². The van der Waals surface area contributed by atoms with Gasteiger partial charge in [0, 0.05) is 20.0 Å². The molecule has 0 fully saturated rings. The monoisotopic (exact) mass is 260 g/mol. The van der Waals surface area contributed by atoms with Crippen LogP contribution < -0.4 is 5.32 Å². The van der Waals surface area contributed by atoms with E-state index < -0.39 is 0 Å². The van der Waals surface area contributed by atoms with Crippen LogP contribution in [0.4, 0.5) is 0 Å². The first-order chi connectivity index (χ1) is 9.15. The number of nitrogens with zero attached hydrogens (tertiary/aromatic N) is 3. The Kier molecular flexibility index (Phi) is 4.12. The number of aryl methyl sites for hydroxylation is 1. The summed E-state index contributed by atoms with van der Waals surface area (Å²) in [5, 5.41) is 19.8. The first kappa shape index (κ1) is 13.1. The summed E-state index contributed by atoms with van der Waals surface area (Å²) < 4.78 is 1.82. The van der Waals surface area contributed by atoms with Gasteiger partial charge < -0.3 is 15.0 Å². The molecule has 6 nitrogen and oxygen atoms in total. The molecule has 0 radical (unpaired) electrons. The molecule has 19 heavy (non-hydrogen) atoms. The molecule has 1 heterocycles. The minimum absolute atomic E-state index is 0.0761. The molecule has 1 aromatic carbocycles. The minimum atomic E-state index is -0.0761. The average Bonchev–Trinajstić information content (AvgIpc) is 2.75. The summed E-state index contributed by atoms with van der Waals surface area (Å²) in [4.78, 5) is 11.7. The second kappa shape index (κ2) is 5.99. The molecule has 0 aliphatic carbocycles. The highest BCUT2D eigenvalue weighted by molar-refractivity contribution is 5.78. The van der Waals surface area contributed by atoms with Gasteiger partial charge in [0.2, 0.25) is 5.91 Å². The summed E-state index contributed by atoms with van der Waals surface area (Å²) in [7, 11) is 1.86. The number of hydrogen-bond donors (Lipinski definition) is 2. The fourth-order valence-electron chi connectivity index (χ4n) is 1.76. The van der Waals surface area contributed by atoms with Gasteiger partial charge >= 0.3 is 0 Å². The van der Waals surface area contributed by atoms with Crippen LogP contribution in [-0.4, -0.2) is 32.3 Å². The molecule has 0 spiro atoms. The lowest BCUT2D eigenvalue weighted by Gasteiger charge is -2.05. The highest BCUT2D eigenvalue weighted by atomic mass is 16.3. The maximum atomic E-state index is 11.7. The van der Waals surface area contributed by atoms with Gasteiger partial charge in [-0.25, -0.2) is 0 Å². The average molecular weight is 260 g/mol. The van der Waals surface area contributed by atoms with Gasteiger partial charge in [-0.05, 0) is 17.7 Å². The van der Waals surface area contributed by atoms with E-state index in [2.05, 4.69) is 15.5 Å². The number of hydrogen-bond acceptors (Lipinski definition) is 4. The van der Waals surface area contributed by atoms with Crippen LogP contribution in [0, 0.1) is 0 Å². The molecular formula is C13H16N4O2. The molecular weight excluding hydrogens is 244 g/mol. The molecule has 0 aliphatic rings. The minimum Gasteiger partial charge on any atom is -0.508 e. The number of aromatic nitrogens is 3. The smallest absolute Gasteiger partial charge is 0.224 e. The van der Waals surface area contributed by atoms with Crippen molar-refractivity contribution in [2.24, 2.45) is 7.05 Å². The van der Waals surface area contributed by atoms with Crippen molar-refractivity contribution < 1.29 is 9.90 Å². The van der Waals surface area contributed by atoms with Gasteiger partial charge in [-0.1, -0.05) is 12.1 Å². The van der Waals surface area contributed by atoms with Gasteiger partial charge in [0.1, 0.15) is 17.9 Å². The lowest BCUT2D eigenvalue weighted by molar-refractivity contribution is -0.120. The van der Waals surface area contributed by atoms with Gasteiger partial charge in [-0.2, -0.15) is 0 Å². The number of benzene rings is 1. The molecule has 0 unspecified atom stereocenters. The predicted octanol–water partition coefficient (Wildman–Crippen LogP) is 0.422. The van der Waals surface area contributed by atoms with Crippen molar-refractivity contribution in [3.05, 3.63) is 42.0 Å². The molecule has 2 aromatic rings. The fourth-order valence-corrected chi connectivity index (χ4v) is 1.76. The standard InChI is InChI=1S/C13H16N4O2/c1-17-9-15-16-12(17)5-6-14-13(19)8-10-3-2-4-11(18)7-10/h2-4,7,9,18H,5-6,8H2,1H3,(H,14,19). The van der Waals surface area contributed by atoms with Crippen LogP contribution in [0.2, 0.25) is 0 Å². The Morgan fingerprint density at radius 1 is 1.47 bits per heavy atom. The Bertz CT molecular complexity index is 565. The van der Waals surface area contributed by atoms with E-state index >= 15 is 0 Å². The lowest BCUT2D eigenvalue weighted by Crippen LogP contribution is -2.27. The zero-order valence-corrected chi connectivity index (χ0v) is 10.7. The summed E-state index contributed by atoms with van der Waals surface area (Å²) >= 11 is 0. The lowest BCUT2D eigenvalue weighted by atomic mass is 10.1. The van der Waals surface area contributed by atoms with Crippen LogP contribution in [0.5, 0.6) is 5.75 Å². The molecule has 0 bridgehead atoms. The number of aromatic hydroxyl groups is 1. The molecule has 0 atom stereocenters. The summed E-state index contributed by atoms with van der Waals surface area (Å²) in [5.41, 5.74) is 0.788. The van der Waals surface area contributed by atoms with Crippen molar-refractivity contribution in [2.45, 2.75) is 12.8 Å². The normalized spacial score (nSPS) is 10.4. The van der Waals surface area contributed by atoms with Crippen LogP contribution in [0.15, 0.2) is 30.6 Å². The van der Waals surface area contributed by atoms with E-state index in [0.717, 1.165) is 11.4 Å². The molecule has 2 N–H and O–H groups in total. The summed E-state index contributed by atoms with van der Waals surface area (Å²) in [6.45, 7) is 0.518. The van der Waals surface area contributed by atoms with E-state index in [0.29, 0.717) is 13.0 Å². The zero-order valence-electron chi connectivity index (χ0n) is 10.7. The van der Waals surface area contributed by atoms with Gasteiger partial charge in [0.05, 0.1) is 6.42 Å². The maximum Gasteiger partial charge on any atom is 0.224 e. The van der Waals surface area contributed by atoms with E-state index in [1.807, 2.05) is 17.7 Å². The van der Waals surface area contributed by atoms with E-state index in [1.165, 1.54) is 0 Å². The third-order valence-electron chi connectivity index (χ3n) is 2.75. The number of phenolic OH excluding ortho intramolecular Hbond substituents is 1. The first-order valence-corrected chi connectivity index (χ1v) is 6.02. The van der Waals surface area contributed by atoms with Crippen LogP contribution in [0.25, 0.3) is 0 Å². The predicted molar refractivity (Wildman–Crippen MR) is 69.5 cm³/mol. The number of amides is 1. The van der Waals surface area contributed by atoms with Crippen molar-refractivity contribution in [3.63, 3.8) is 0 Å². The highest BCUT2D eigenvalue weighted by Crippen LogP contribution is 2.11. The Balaban J connectivity index is 1.77. The second-order valence-corrected chi connectivity index (χ2v) is 4.30. The molecule has 6 heteroatoms. The van der Waals surface area contributed by atoms with E-state index in [-0.39, 0.29) is 18.1 Å². The fraction of sp³-hybridized carbons (Fsp3) is 0.308. The van der Waals surface area contributed by atoms with Crippen molar-refractivity contribution in [2.75, 3.05) is 6.54 Å². The molecule has 2 rings (SSSR count). The largest absolute Gasteiger partial charge is 0.508 e. The number of phenols is 1.